The van der Waals surface area contributed by atoms with Gasteiger partial charge in [-0.15, -0.1) is 0 Å². The van der Waals surface area contributed by atoms with Crippen molar-refractivity contribution in [2.24, 2.45) is 0 Å². The summed E-state index contributed by atoms with van der Waals surface area (Å²) in [6, 6.07) is 0. The molecule has 1 radical (unpaired) electrons. The van der Waals surface area contributed by atoms with Crippen molar-refractivity contribution in [3.63, 3.8) is 0 Å². The molecule has 8 nitrogen and oxygen atoms in total. The molecule has 0 spiro atoms. The molecule has 91 valence electrons. The third kappa shape index (κ3) is 794. The van der Waals surface area contributed by atoms with Crippen LogP contribution in [0.5, 0.6) is 0 Å². The van der Waals surface area contributed by atoms with Crippen LogP contribution in [0.1, 0.15) is 0 Å². The van der Waals surface area contributed by atoms with E-state index in [0.717, 1.165) is 0 Å². The van der Waals surface area contributed by atoms with Crippen molar-refractivity contribution >= 4 is 37.1 Å². The van der Waals surface area contributed by atoms with Gasteiger partial charge in [-0.3, -0.25) is 0 Å². The first-order chi connectivity index (χ1) is 4.00. The average Bonchev–Trinajstić information content (AvgIpc) is 1.12. The van der Waals surface area contributed by atoms with E-state index in [0.29, 0.717) is 0 Å². The van der Waals surface area contributed by atoms with Gasteiger partial charge in [0.15, 0.2) is 0 Å². The Hall–Kier alpha value is 1.50. The second-order valence-electron chi connectivity index (χ2n) is 1.03. The molecule has 0 aliphatic carbocycles. The molecule has 0 aromatic rings. The molecular formula is H10CuO8P2S2. The Morgan fingerprint density at radius 2 is 0.615 bits per heavy atom. The molecule has 0 saturated carbocycles. The van der Waals surface area contributed by atoms with E-state index in [-0.39, 0.29) is 28.0 Å². The van der Waals surface area contributed by atoms with Crippen LogP contribution in [-0.4, -0.2) is 40.3 Å². The summed E-state index contributed by atoms with van der Waals surface area (Å²) in [6.07, 6.45) is 0. The van der Waals surface area contributed by atoms with E-state index in [2.05, 4.69) is 23.6 Å². The summed E-state index contributed by atoms with van der Waals surface area (Å²) in [5.41, 5.74) is 0. The minimum Gasteiger partial charge on any atom is -0.412 e. The van der Waals surface area contributed by atoms with Gasteiger partial charge in [0.25, 0.3) is 0 Å². The molecule has 0 heterocycles. The van der Waals surface area contributed by atoms with Gasteiger partial charge in [0, 0.05) is 17.1 Å². The zero-order valence-electron chi connectivity index (χ0n) is 5.70. The summed E-state index contributed by atoms with van der Waals surface area (Å²) in [6.45, 7) is -7.61. The van der Waals surface area contributed by atoms with Gasteiger partial charge in [-0.25, -0.2) is 0 Å². The van der Waals surface area contributed by atoms with Crippen molar-refractivity contribution in [2.45, 2.75) is 0 Å². The summed E-state index contributed by atoms with van der Waals surface area (Å²) in [7, 11) is 0. The second kappa shape index (κ2) is 11.6. The van der Waals surface area contributed by atoms with Gasteiger partial charge in [0.1, 0.15) is 0 Å². The van der Waals surface area contributed by atoms with Crippen molar-refractivity contribution < 1.29 is 57.4 Å². The molecule has 0 saturated heterocycles. The fourth-order valence-corrected chi connectivity index (χ4v) is 0. The largest absolute Gasteiger partial charge is 0.412 e. The molecule has 0 fully saturated rings. The molecule has 13 heavy (non-hydrogen) atoms. The maximum Gasteiger partial charge on any atom is 0.319 e. The standard InChI is InChI=1S/Cu.2H3O3PS.2H2O/c;2*1-4(2,3)5;;/h;2*(H3,1,2,3,5);2*1H2. The van der Waals surface area contributed by atoms with E-state index < -0.39 is 13.4 Å². The first-order valence-corrected chi connectivity index (χ1v) is 6.89. The Labute approximate surface area is 94.5 Å². The maximum absolute atomic E-state index is 7.56. The average molecular weight is 328 g/mol. The fourth-order valence-electron chi connectivity index (χ4n) is 0. The van der Waals surface area contributed by atoms with Crippen LogP contribution in [0.4, 0.5) is 0 Å². The molecule has 13 heteroatoms. The SMILES string of the molecule is O.O.OP(O)(O)=S.OP(O)(O)=S.[Cu]. The molecule has 0 rings (SSSR count). The Kier molecular flexibility index (Phi) is 26.1. The van der Waals surface area contributed by atoms with Crippen molar-refractivity contribution in [1.29, 1.82) is 0 Å². The molecule has 0 aliphatic heterocycles. The zero-order valence-corrected chi connectivity index (χ0v) is 10.1. The normalized spacial score (nSPS) is 9.08. The van der Waals surface area contributed by atoms with Crippen LogP contribution in [0, 0.1) is 0 Å². The van der Waals surface area contributed by atoms with Crippen LogP contribution in [0.3, 0.4) is 0 Å². The second-order valence-corrected chi connectivity index (χ2v) is 6.02. The van der Waals surface area contributed by atoms with E-state index in [9.17, 15) is 0 Å². The summed E-state index contributed by atoms with van der Waals surface area (Å²) in [5.74, 6) is 0. The molecule has 0 atom stereocenters. The van der Waals surface area contributed by atoms with Crippen molar-refractivity contribution in [3.05, 3.63) is 0 Å². The van der Waals surface area contributed by atoms with Gasteiger partial charge >= 0.3 is 13.4 Å². The van der Waals surface area contributed by atoms with Gasteiger partial charge in [0.05, 0.1) is 0 Å². The monoisotopic (exact) mass is 327 g/mol. The molecule has 0 bridgehead atoms. The number of hydrogen-bond acceptors (Lipinski definition) is 2. The van der Waals surface area contributed by atoms with E-state index >= 15 is 0 Å². The number of rotatable bonds is 0. The Morgan fingerprint density at radius 1 is 0.615 bits per heavy atom. The number of hydrogen-bond donors (Lipinski definition) is 6. The topological polar surface area (TPSA) is 184 Å². The van der Waals surface area contributed by atoms with Crippen molar-refractivity contribution in [2.75, 3.05) is 0 Å². The third-order valence-electron chi connectivity index (χ3n) is 0. The van der Waals surface area contributed by atoms with Crippen LogP contribution >= 0.6 is 13.4 Å². The van der Waals surface area contributed by atoms with Gasteiger partial charge in [0.2, 0.25) is 0 Å². The smallest absolute Gasteiger partial charge is 0.319 e. The molecule has 0 unspecified atom stereocenters. The quantitative estimate of drug-likeness (QED) is 0.197. The first kappa shape index (κ1) is 29.3. The van der Waals surface area contributed by atoms with E-state index in [4.69, 9.17) is 29.4 Å². The summed E-state index contributed by atoms with van der Waals surface area (Å²) < 4.78 is 0. The van der Waals surface area contributed by atoms with Crippen molar-refractivity contribution in [1.82, 2.24) is 0 Å². The third-order valence-corrected chi connectivity index (χ3v) is 0. The molecule has 0 aliphatic rings. The van der Waals surface area contributed by atoms with E-state index in [1.807, 2.05) is 0 Å². The molecule has 10 N–H and O–H groups in total. The molecule has 0 aromatic heterocycles. The molecule has 0 aromatic carbocycles. The van der Waals surface area contributed by atoms with Gasteiger partial charge in [-0.1, -0.05) is 0 Å². The summed E-state index contributed by atoms with van der Waals surface area (Å²) in [4.78, 5) is 45.3. The molecule has 0 amide bonds. The Balaban J connectivity index is -0.0000000267. The van der Waals surface area contributed by atoms with Crippen LogP contribution < -0.4 is 0 Å². The fraction of sp³-hybridized carbons (Fsp3) is 0. The van der Waals surface area contributed by atoms with Crippen molar-refractivity contribution in [3.8, 4) is 0 Å². The van der Waals surface area contributed by atoms with Gasteiger partial charge in [-0.2, -0.15) is 0 Å². The Bertz CT molecular complexity index is 132. The minimum absolute atomic E-state index is 0. The minimum atomic E-state index is -3.81. The van der Waals surface area contributed by atoms with Gasteiger partial charge in [-0.05, 0) is 23.6 Å². The maximum atomic E-state index is 7.56. The van der Waals surface area contributed by atoms with Crippen LogP contribution in [-0.2, 0) is 40.7 Å². The zero-order chi connectivity index (χ0) is 9.00. The van der Waals surface area contributed by atoms with Gasteiger partial charge < -0.3 is 40.3 Å². The first-order valence-electron chi connectivity index (χ1n) is 1.57. The van der Waals surface area contributed by atoms with Crippen LogP contribution in [0.25, 0.3) is 0 Å². The summed E-state index contributed by atoms with van der Waals surface area (Å²) in [5, 5.41) is 0. The van der Waals surface area contributed by atoms with Crippen LogP contribution in [0.2, 0.25) is 0 Å². The van der Waals surface area contributed by atoms with Crippen LogP contribution in [0.15, 0.2) is 0 Å². The van der Waals surface area contributed by atoms with E-state index in [1.54, 1.807) is 0 Å². The molecular weight excluding hydrogens is 318 g/mol. The summed E-state index contributed by atoms with van der Waals surface area (Å²) >= 11 is 7.21. The van der Waals surface area contributed by atoms with E-state index in [1.165, 1.54) is 0 Å². The Morgan fingerprint density at radius 3 is 0.615 bits per heavy atom. The predicted molar refractivity (Wildman–Crippen MR) is 49.1 cm³/mol. The predicted octanol–water partition coefficient (Wildman–Crippen LogP) is -3.28.